The summed E-state index contributed by atoms with van der Waals surface area (Å²) in [5, 5.41) is 9.90. The lowest BCUT2D eigenvalue weighted by Gasteiger charge is -2.30. The molecular formula is C58H44N2. The summed E-state index contributed by atoms with van der Waals surface area (Å²) in [5.41, 5.74) is 12.2. The molecule has 286 valence electrons. The van der Waals surface area contributed by atoms with Crippen molar-refractivity contribution in [1.82, 2.24) is 0 Å². The molecule has 0 N–H and O–H groups in total. The van der Waals surface area contributed by atoms with Crippen LogP contribution in [0.25, 0.3) is 65.3 Å². The van der Waals surface area contributed by atoms with Gasteiger partial charge in [0.05, 0.1) is 0 Å². The van der Waals surface area contributed by atoms with Crippen LogP contribution in [0.3, 0.4) is 0 Å². The summed E-state index contributed by atoms with van der Waals surface area (Å²) in [7, 11) is 0. The molecule has 0 aromatic heterocycles. The summed E-state index contributed by atoms with van der Waals surface area (Å²) in [5.74, 6) is 0. The van der Waals surface area contributed by atoms with Gasteiger partial charge in [-0.1, -0.05) is 146 Å². The molecule has 0 bridgehead atoms. The Morgan fingerprint density at radius 2 is 0.733 bits per heavy atom. The van der Waals surface area contributed by atoms with Crippen molar-refractivity contribution in [2.75, 3.05) is 9.80 Å². The number of hydrogen-bond acceptors (Lipinski definition) is 2. The molecule has 2 heteroatoms. The van der Waals surface area contributed by atoms with Gasteiger partial charge in [-0.15, -0.1) is 0 Å². The van der Waals surface area contributed by atoms with Crippen LogP contribution in [0.2, 0.25) is 0 Å². The van der Waals surface area contributed by atoms with E-state index in [9.17, 15) is 0 Å². The van der Waals surface area contributed by atoms with Crippen LogP contribution < -0.4 is 9.80 Å². The van der Waals surface area contributed by atoms with Gasteiger partial charge in [0.15, 0.2) is 0 Å². The molecule has 0 radical (unpaired) electrons. The second-order valence-corrected chi connectivity index (χ2v) is 15.9. The van der Waals surface area contributed by atoms with Gasteiger partial charge in [-0.2, -0.15) is 0 Å². The number of benzene rings is 9. The van der Waals surface area contributed by atoms with Crippen LogP contribution in [0.4, 0.5) is 22.7 Å². The number of rotatable bonds is 8. The molecule has 2 aliphatic carbocycles. The Bertz CT molecular complexity index is 2990. The summed E-state index contributed by atoms with van der Waals surface area (Å²) >= 11 is 0. The fourth-order valence-corrected chi connectivity index (χ4v) is 9.46. The summed E-state index contributed by atoms with van der Waals surface area (Å²) in [6.45, 7) is 0. The van der Waals surface area contributed by atoms with E-state index < -0.39 is 0 Å². The zero-order valence-electron chi connectivity index (χ0n) is 33.5. The van der Waals surface area contributed by atoms with E-state index in [4.69, 9.17) is 0 Å². The Kier molecular flexibility index (Phi) is 9.17. The van der Waals surface area contributed by atoms with E-state index in [0.29, 0.717) is 0 Å². The fourth-order valence-electron chi connectivity index (χ4n) is 9.46. The van der Waals surface area contributed by atoms with E-state index in [2.05, 4.69) is 228 Å². The molecule has 0 saturated carbocycles. The van der Waals surface area contributed by atoms with Gasteiger partial charge >= 0.3 is 0 Å². The smallest absolute Gasteiger partial charge is 0.0465 e. The quantitative estimate of drug-likeness (QED) is 0.142. The Morgan fingerprint density at radius 3 is 1.15 bits per heavy atom. The number of hydrogen-bond donors (Lipinski definition) is 0. The van der Waals surface area contributed by atoms with Crippen LogP contribution in [-0.4, -0.2) is 0 Å². The lowest BCUT2D eigenvalue weighted by molar-refractivity contribution is 0.918. The van der Waals surface area contributed by atoms with E-state index in [1.807, 2.05) is 0 Å². The molecule has 0 fully saturated rings. The highest BCUT2D eigenvalue weighted by Gasteiger charge is 2.23. The zero-order valence-corrected chi connectivity index (χ0v) is 33.5. The number of nitrogens with zero attached hydrogens (tertiary/aromatic N) is 2. The Morgan fingerprint density at radius 1 is 0.317 bits per heavy atom. The van der Waals surface area contributed by atoms with Crippen molar-refractivity contribution in [2.24, 2.45) is 0 Å². The van der Waals surface area contributed by atoms with Crippen molar-refractivity contribution < 1.29 is 0 Å². The zero-order chi connectivity index (χ0) is 39.8. The monoisotopic (exact) mass is 768 g/mol. The summed E-state index contributed by atoms with van der Waals surface area (Å²) in [6, 6.07) is 67.5. The molecule has 0 amide bonds. The molecule has 0 atom stereocenters. The van der Waals surface area contributed by atoms with Gasteiger partial charge in [0, 0.05) is 34.1 Å². The minimum absolute atomic E-state index is 0.980. The molecule has 2 aliphatic rings. The van der Waals surface area contributed by atoms with Crippen LogP contribution in [0.5, 0.6) is 0 Å². The average molecular weight is 769 g/mol. The highest BCUT2D eigenvalue weighted by molar-refractivity contribution is 6.23. The maximum Gasteiger partial charge on any atom is 0.0465 e. The van der Waals surface area contributed by atoms with Gasteiger partial charge in [-0.05, 0) is 164 Å². The van der Waals surface area contributed by atoms with E-state index in [0.717, 1.165) is 37.1 Å². The molecule has 0 heterocycles. The summed E-state index contributed by atoms with van der Waals surface area (Å²) in [6.07, 6.45) is 17.5. The normalized spacial score (nSPS) is 13.8. The van der Waals surface area contributed by atoms with Crippen molar-refractivity contribution in [3.63, 3.8) is 0 Å². The summed E-state index contributed by atoms with van der Waals surface area (Å²) in [4.78, 5) is 4.92. The number of para-hydroxylation sites is 2. The summed E-state index contributed by atoms with van der Waals surface area (Å²) < 4.78 is 0. The first-order valence-electron chi connectivity index (χ1n) is 21.2. The van der Waals surface area contributed by atoms with E-state index in [-0.39, 0.29) is 0 Å². The highest BCUT2D eigenvalue weighted by atomic mass is 15.2. The number of fused-ring (bicyclic) bond motifs is 4. The molecule has 0 aliphatic heterocycles. The van der Waals surface area contributed by atoms with Gasteiger partial charge in [-0.25, -0.2) is 0 Å². The third-order valence-electron chi connectivity index (χ3n) is 12.3. The maximum atomic E-state index is 2.46. The minimum atomic E-state index is 0.980. The van der Waals surface area contributed by atoms with Gasteiger partial charge in [0.25, 0.3) is 0 Å². The SMILES string of the molecule is C1=CCCC(N(c2ccccc2)c2ccc3c(-c4ccc5ccccc5c4)c4cc(N(C5=CC=CCC5)c5ccccc5)ccc4c(-c4ccc5ccccc5c4)c3c2)=C1. The molecule has 9 aromatic carbocycles. The first-order chi connectivity index (χ1) is 29.8. The van der Waals surface area contributed by atoms with Gasteiger partial charge in [-0.3, -0.25) is 0 Å². The third kappa shape index (κ3) is 6.47. The largest absolute Gasteiger partial charge is 0.314 e. The van der Waals surface area contributed by atoms with Crippen LogP contribution in [0.1, 0.15) is 25.7 Å². The van der Waals surface area contributed by atoms with Crippen LogP contribution >= 0.6 is 0 Å². The van der Waals surface area contributed by atoms with E-state index in [1.54, 1.807) is 0 Å². The Hall–Kier alpha value is -7.42. The molecule has 11 rings (SSSR count). The number of anilines is 4. The highest BCUT2D eigenvalue weighted by Crippen LogP contribution is 2.48. The second kappa shape index (κ2) is 15.4. The van der Waals surface area contributed by atoms with Crippen molar-refractivity contribution >= 4 is 65.8 Å². The van der Waals surface area contributed by atoms with E-state index in [1.165, 1.54) is 88.1 Å². The van der Waals surface area contributed by atoms with E-state index >= 15 is 0 Å². The third-order valence-corrected chi connectivity index (χ3v) is 12.3. The molecule has 60 heavy (non-hydrogen) atoms. The minimum Gasteiger partial charge on any atom is -0.314 e. The maximum absolute atomic E-state index is 2.46. The van der Waals surface area contributed by atoms with Crippen molar-refractivity contribution in [2.45, 2.75) is 25.7 Å². The lowest BCUT2D eigenvalue weighted by Crippen LogP contribution is -2.17. The van der Waals surface area contributed by atoms with Crippen LogP contribution in [0.15, 0.2) is 230 Å². The topological polar surface area (TPSA) is 6.48 Å². The molecule has 0 unspecified atom stereocenters. The standard InChI is InChI=1S/C58H44N2/c1-5-21-47(22-6-1)59(48-23-7-2-8-24-48)51-33-35-53-55(39-51)57(45-31-29-41-17-13-15-19-43(41)37-45)54-36-34-52(60(49-25-9-3-10-26-49)50-27-11-4-12-28-50)40-56(54)58(53)46-32-30-42-18-14-16-20-44(42)38-46/h1-7,9-11,13-23,25-27,29-40H,8,12,24,28H2. The molecule has 9 aromatic rings. The van der Waals surface area contributed by atoms with Crippen molar-refractivity contribution in [3.8, 4) is 22.3 Å². The first-order valence-corrected chi connectivity index (χ1v) is 21.2. The van der Waals surface area contributed by atoms with Gasteiger partial charge < -0.3 is 9.80 Å². The Labute approximate surface area is 352 Å². The van der Waals surface area contributed by atoms with Gasteiger partial charge in [0.2, 0.25) is 0 Å². The molecular weight excluding hydrogens is 725 g/mol. The lowest BCUT2D eigenvalue weighted by atomic mass is 9.84. The van der Waals surface area contributed by atoms with Crippen molar-refractivity contribution in [3.05, 3.63) is 230 Å². The number of allylic oxidation sites excluding steroid dienone is 8. The van der Waals surface area contributed by atoms with Crippen LogP contribution in [-0.2, 0) is 0 Å². The molecule has 0 spiro atoms. The first kappa shape index (κ1) is 35.7. The Balaban J connectivity index is 1.25. The van der Waals surface area contributed by atoms with Crippen molar-refractivity contribution in [1.29, 1.82) is 0 Å². The predicted molar refractivity (Wildman–Crippen MR) is 257 cm³/mol. The fraction of sp³-hybridized carbons (Fsp3) is 0.0690. The second-order valence-electron chi connectivity index (χ2n) is 15.9. The predicted octanol–water partition coefficient (Wildman–Crippen LogP) is 16.4. The van der Waals surface area contributed by atoms with Gasteiger partial charge in [0.1, 0.15) is 0 Å². The van der Waals surface area contributed by atoms with Crippen LogP contribution in [0, 0.1) is 0 Å². The molecule has 2 nitrogen and oxygen atoms in total. The average Bonchev–Trinajstić information content (AvgIpc) is 3.32. The molecule has 0 saturated heterocycles.